The van der Waals surface area contributed by atoms with Gasteiger partial charge in [0.15, 0.2) is 0 Å². The largest absolute Gasteiger partial charge is 0.497 e. The highest BCUT2D eigenvalue weighted by atomic mass is 32.1. The number of pyridine rings is 1. The third-order valence-electron chi connectivity index (χ3n) is 4.49. The van der Waals surface area contributed by atoms with Gasteiger partial charge >= 0.3 is 0 Å². The van der Waals surface area contributed by atoms with Crippen molar-refractivity contribution in [1.29, 1.82) is 0 Å². The van der Waals surface area contributed by atoms with Crippen molar-refractivity contribution in [2.45, 2.75) is 13.3 Å². The summed E-state index contributed by atoms with van der Waals surface area (Å²) < 4.78 is 6.72. The van der Waals surface area contributed by atoms with E-state index in [1.807, 2.05) is 6.92 Å². The zero-order valence-corrected chi connectivity index (χ0v) is 16.7. The number of nitrogens with one attached hydrogen (secondary N) is 1. The molecule has 0 saturated carbocycles. The molecular weight excluding hydrogens is 388 g/mol. The predicted molar refractivity (Wildman–Crippen MR) is 113 cm³/mol. The van der Waals surface area contributed by atoms with Crippen molar-refractivity contribution in [2.24, 2.45) is 0 Å². The van der Waals surface area contributed by atoms with Crippen molar-refractivity contribution in [3.63, 3.8) is 0 Å². The molecule has 8 heteroatoms. The topological polar surface area (TPSA) is 86.1 Å². The quantitative estimate of drug-likeness (QED) is 0.547. The zero-order chi connectivity index (χ0) is 20.4. The summed E-state index contributed by atoms with van der Waals surface area (Å²) in [5, 5.41) is 13.1. The van der Waals surface area contributed by atoms with E-state index in [9.17, 15) is 9.59 Å². The first-order chi connectivity index (χ1) is 14.1. The molecule has 0 spiro atoms. The van der Waals surface area contributed by atoms with E-state index in [1.54, 1.807) is 61.8 Å². The average Bonchev–Trinajstić information content (AvgIpc) is 3.21. The Morgan fingerprint density at radius 3 is 2.66 bits per heavy atom. The molecule has 2 aromatic heterocycles. The summed E-state index contributed by atoms with van der Waals surface area (Å²) in [5.41, 5.74) is 0.768. The van der Waals surface area contributed by atoms with Crippen LogP contribution < -0.4 is 15.6 Å². The third kappa shape index (κ3) is 3.62. The van der Waals surface area contributed by atoms with E-state index in [0.29, 0.717) is 32.9 Å². The van der Waals surface area contributed by atoms with Gasteiger partial charge in [0.05, 0.1) is 18.4 Å². The molecule has 0 saturated heterocycles. The van der Waals surface area contributed by atoms with E-state index in [0.717, 1.165) is 11.4 Å². The van der Waals surface area contributed by atoms with Gasteiger partial charge in [-0.25, -0.2) is 0 Å². The van der Waals surface area contributed by atoms with Crippen LogP contribution in [0.3, 0.4) is 0 Å². The van der Waals surface area contributed by atoms with Crippen LogP contribution in [0.15, 0.2) is 59.5 Å². The number of methoxy groups -OCH3 is 1. The smallest absolute Gasteiger partial charge is 0.262 e. The highest BCUT2D eigenvalue weighted by molar-refractivity contribution is 7.15. The molecule has 0 radical (unpaired) electrons. The van der Waals surface area contributed by atoms with Gasteiger partial charge in [0.25, 0.3) is 11.5 Å². The van der Waals surface area contributed by atoms with Gasteiger partial charge in [-0.3, -0.25) is 19.5 Å². The second-order valence-corrected chi connectivity index (χ2v) is 7.34. The van der Waals surface area contributed by atoms with Crippen molar-refractivity contribution in [3.05, 3.63) is 75.7 Å². The summed E-state index contributed by atoms with van der Waals surface area (Å²) in [6, 6.07) is 14.2. The fourth-order valence-corrected chi connectivity index (χ4v) is 3.71. The number of carbonyl (C=O) groups is 1. The van der Waals surface area contributed by atoms with Crippen molar-refractivity contribution in [1.82, 2.24) is 14.8 Å². The van der Waals surface area contributed by atoms with E-state index in [4.69, 9.17) is 4.74 Å². The van der Waals surface area contributed by atoms with Crippen LogP contribution in [0, 0.1) is 0 Å². The minimum absolute atomic E-state index is 0.213. The minimum Gasteiger partial charge on any atom is -0.497 e. The molecule has 146 valence electrons. The maximum atomic E-state index is 13.1. The number of benzene rings is 2. The molecular formula is C21H18N4O3S. The number of hydrogen-bond acceptors (Lipinski definition) is 6. The standard InChI is InChI=1S/C21H18N4O3S/c1-3-18-23-24-21(29-18)22-19(26)17-12-25(13-7-6-8-14(11-13)28-2)20(27)16-10-5-4-9-15(16)17/h4-12H,3H2,1-2H3,(H,22,24,26). The number of aryl methyl sites for hydroxylation is 1. The Morgan fingerprint density at radius 1 is 1.14 bits per heavy atom. The lowest BCUT2D eigenvalue weighted by atomic mass is 10.1. The van der Waals surface area contributed by atoms with Gasteiger partial charge in [-0.1, -0.05) is 42.5 Å². The van der Waals surface area contributed by atoms with Crippen molar-refractivity contribution < 1.29 is 9.53 Å². The lowest BCUT2D eigenvalue weighted by molar-refractivity contribution is 0.102. The van der Waals surface area contributed by atoms with Crippen molar-refractivity contribution in [2.75, 3.05) is 12.4 Å². The zero-order valence-electron chi connectivity index (χ0n) is 15.9. The summed E-state index contributed by atoms with van der Waals surface area (Å²) in [6.07, 6.45) is 2.30. The Labute approximate surface area is 170 Å². The molecule has 0 unspecified atom stereocenters. The number of aromatic nitrogens is 3. The fraction of sp³-hybridized carbons (Fsp3) is 0.143. The molecule has 0 bridgehead atoms. The maximum Gasteiger partial charge on any atom is 0.262 e. The van der Waals surface area contributed by atoms with Gasteiger partial charge in [0, 0.05) is 23.0 Å². The molecule has 0 aliphatic rings. The molecule has 7 nitrogen and oxygen atoms in total. The lowest BCUT2D eigenvalue weighted by Gasteiger charge is -2.12. The number of amides is 1. The second kappa shape index (κ2) is 7.84. The van der Waals surface area contributed by atoms with Crippen LogP contribution in [0.2, 0.25) is 0 Å². The first kappa shape index (κ1) is 18.8. The minimum atomic E-state index is -0.350. The molecule has 0 aliphatic heterocycles. The van der Waals surface area contributed by atoms with E-state index < -0.39 is 0 Å². The molecule has 0 atom stereocenters. The van der Waals surface area contributed by atoms with Gasteiger partial charge in [-0.05, 0) is 24.6 Å². The number of nitrogens with zero attached hydrogens (tertiary/aromatic N) is 3. The number of hydrogen-bond donors (Lipinski definition) is 1. The van der Waals surface area contributed by atoms with Crippen molar-refractivity contribution >= 4 is 33.1 Å². The van der Waals surface area contributed by atoms with Crippen molar-refractivity contribution in [3.8, 4) is 11.4 Å². The number of ether oxygens (including phenoxy) is 1. The maximum absolute atomic E-state index is 13.1. The Kier molecular flexibility index (Phi) is 5.09. The van der Waals surface area contributed by atoms with E-state index in [2.05, 4.69) is 15.5 Å². The van der Waals surface area contributed by atoms with Crippen LogP contribution in [0.5, 0.6) is 5.75 Å². The number of carbonyl (C=O) groups excluding carboxylic acids is 1. The van der Waals surface area contributed by atoms with Crippen LogP contribution in [0.25, 0.3) is 16.5 Å². The number of fused-ring (bicyclic) bond motifs is 1. The van der Waals surface area contributed by atoms with E-state index >= 15 is 0 Å². The molecule has 4 aromatic rings. The average molecular weight is 406 g/mol. The Balaban J connectivity index is 1.85. The van der Waals surface area contributed by atoms with Gasteiger partial charge in [-0.15, -0.1) is 10.2 Å². The van der Waals surface area contributed by atoms with Crippen LogP contribution in [-0.4, -0.2) is 27.8 Å². The van der Waals surface area contributed by atoms with Gasteiger partial charge in [0.1, 0.15) is 10.8 Å². The summed E-state index contributed by atoms with van der Waals surface area (Å²) in [4.78, 5) is 26.1. The molecule has 29 heavy (non-hydrogen) atoms. The number of rotatable bonds is 5. The first-order valence-electron chi connectivity index (χ1n) is 9.03. The Morgan fingerprint density at radius 2 is 1.93 bits per heavy atom. The SMILES string of the molecule is CCc1nnc(NC(=O)c2cn(-c3cccc(OC)c3)c(=O)c3ccccc23)s1. The molecule has 0 aliphatic carbocycles. The van der Waals surface area contributed by atoms with Crippen LogP contribution in [0.1, 0.15) is 22.3 Å². The molecule has 2 aromatic carbocycles. The van der Waals surface area contributed by atoms with Gasteiger partial charge in [0.2, 0.25) is 5.13 Å². The normalized spacial score (nSPS) is 10.8. The van der Waals surface area contributed by atoms with E-state index in [1.165, 1.54) is 15.9 Å². The summed E-state index contributed by atoms with van der Waals surface area (Å²) in [7, 11) is 1.56. The van der Waals surface area contributed by atoms with Crippen LogP contribution >= 0.6 is 11.3 Å². The monoisotopic (exact) mass is 406 g/mol. The molecule has 0 fully saturated rings. The Bertz CT molecular complexity index is 1260. The molecule has 2 heterocycles. The predicted octanol–water partition coefficient (Wildman–Crippen LogP) is 3.67. The van der Waals surface area contributed by atoms with Gasteiger partial charge < -0.3 is 4.74 Å². The van der Waals surface area contributed by atoms with Crippen LogP contribution in [-0.2, 0) is 6.42 Å². The Hall–Kier alpha value is -3.52. The second-order valence-electron chi connectivity index (χ2n) is 6.27. The fourth-order valence-electron chi connectivity index (χ4n) is 3.04. The summed E-state index contributed by atoms with van der Waals surface area (Å²) in [6.45, 7) is 1.98. The molecule has 1 N–H and O–H groups in total. The number of anilines is 1. The highest BCUT2D eigenvalue weighted by Crippen LogP contribution is 2.22. The first-order valence-corrected chi connectivity index (χ1v) is 9.85. The molecule has 4 rings (SSSR count). The summed E-state index contributed by atoms with van der Waals surface area (Å²) in [5.74, 6) is 0.270. The van der Waals surface area contributed by atoms with Crippen LogP contribution in [0.4, 0.5) is 5.13 Å². The van der Waals surface area contributed by atoms with Gasteiger partial charge in [-0.2, -0.15) is 0 Å². The lowest BCUT2D eigenvalue weighted by Crippen LogP contribution is -2.22. The summed E-state index contributed by atoms with van der Waals surface area (Å²) >= 11 is 1.33. The molecule has 1 amide bonds. The van der Waals surface area contributed by atoms with E-state index in [-0.39, 0.29) is 11.5 Å². The third-order valence-corrected chi connectivity index (χ3v) is 5.47. The highest BCUT2D eigenvalue weighted by Gasteiger charge is 2.17.